The van der Waals surface area contributed by atoms with Gasteiger partial charge in [-0.3, -0.25) is 19.1 Å². The molecule has 0 saturated carbocycles. The number of rotatable bonds is 7. The highest BCUT2D eigenvalue weighted by atomic mass is 32.2. The number of hydrogen-bond donors (Lipinski definition) is 1. The first-order chi connectivity index (χ1) is 14.5. The molecule has 9 nitrogen and oxygen atoms in total. The third kappa shape index (κ3) is 4.67. The number of hydrogen-bond acceptors (Lipinski definition) is 6. The number of nitrogens with zero attached hydrogens (tertiary/aromatic N) is 2. The highest BCUT2D eigenvalue weighted by Gasteiger charge is 2.24. The van der Waals surface area contributed by atoms with Gasteiger partial charge in [-0.05, 0) is 42.8 Å². The molecular formula is C20H19N3O6S2. The van der Waals surface area contributed by atoms with E-state index >= 15 is 0 Å². The van der Waals surface area contributed by atoms with Crippen LogP contribution < -0.4 is 9.03 Å². The van der Waals surface area contributed by atoms with Gasteiger partial charge in [0, 0.05) is 19.2 Å². The third-order valence-corrected chi connectivity index (χ3v) is 7.84. The molecule has 0 aromatic heterocycles. The standard InChI is InChI=1S/C20H19N3O6S2/c1-15-11-12-18(23(24)25)14-20(15)30(26,27)21-16-7-6-10-19(13-16)31(28,29)22(2)17-8-4-3-5-9-17/h3-14,21H,1-2H3. The van der Waals surface area contributed by atoms with Crippen LogP contribution in [-0.2, 0) is 20.0 Å². The van der Waals surface area contributed by atoms with Crippen LogP contribution in [0.3, 0.4) is 0 Å². The predicted molar refractivity (Wildman–Crippen MR) is 117 cm³/mol. The minimum Gasteiger partial charge on any atom is -0.280 e. The number of benzene rings is 3. The van der Waals surface area contributed by atoms with E-state index in [0.29, 0.717) is 11.3 Å². The Morgan fingerprint density at radius 2 is 1.58 bits per heavy atom. The number of nitro benzene ring substituents is 1. The fraction of sp³-hybridized carbons (Fsp3) is 0.100. The van der Waals surface area contributed by atoms with Gasteiger partial charge in [-0.1, -0.05) is 30.3 Å². The molecule has 3 aromatic carbocycles. The maximum Gasteiger partial charge on any atom is 0.270 e. The van der Waals surface area contributed by atoms with E-state index in [4.69, 9.17) is 0 Å². The first-order valence-corrected chi connectivity index (χ1v) is 11.9. The molecule has 0 bridgehead atoms. The van der Waals surface area contributed by atoms with Crippen LogP contribution in [0, 0.1) is 17.0 Å². The molecule has 162 valence electrons. The van der Waals surface area contributed by atoms with Crippen LogP contribution >= 0.6 is 0 Å². The van der Waals surface area contributed by atoms with E-state index in [-0.39, 0.29) is 21.2 Å². The van der Waals surface area contributed by atoms with Crippen molar-refractivity contribution in [3.63, 3.8) is 0 Å². The van der Waals surface area contributed by atoms with Crippen LogP contribution in [0.15, 0.2) is 82.6 Å². The van der Waals surface area contributed by atoms with Crippen LogP contribution in [0.25, 0.3) is 0 Å². The fourth-order valence-corrected chi connectivity index (χ4v) is 5.41. The Hall–Kier alpha value is -3.44. The molecule has 3 rings (SSSR count). The average Bonchev–Trinajstić information content (AvgIpc) is 2.73. The van der Waals surface area contributed by atoms with Gasteiger partial charge in [-0.25, -0.2) is 16.8 Å². The lowest BCUT2D eigenvalue weighted by Gasteiger charge is -2.20. The summed E-state index contributed by atoms with van der Waals surface area (Å²) in [4.78, 5) is 9.93. The molecular weight excluding hydrogens is 442 g/mol. The zero-order valence-electron chi connectivity index (χ0n) is 16.6. The Morgan fingerprint density at radius 3 is 2.23 bits per heavy atom. The molecule has 31 heavy (non-hydrogen) atoms. The molecule has 0 heterocycles. The van der Waals surface area contributed by atoms with Crippen LogP contribution in [0.5, 0.6) is 0 Å². The zero-order chi connectivity index (χ0) is 22.8. The highest BCUT2D eigenvalue weighted by molar-refractivity contribution is 7.93. The summed E-state index contributed by atoms with van der Waals surface area (Å²) in [5.41, 5.74) is 0.395. The van der Waals surface area contributed by atoms with E-state index in [0.717, 1.165) is 10.4 Å². The lowest BCUT2D eigenvalue weighted by Crippen LogP contribution is -2.26. The van der Waals surface area contributed by atoms with Crippen molar-refractivity contribution >= 4 is 37.1 Å². The molecule has 1 N–H and O–H groups in total. The molecule has 0 aliphatic carbocycles. The van der Waals surface area contributed by atoms with Gasteiger partial charge in [-0.15, -0.1) is 0 Å². The summed E-state index contributed by atoms with van der Waals surface area (Å²) in [5.74, 6) is 0. The molecule has 0 aliphatic rings. The molecule has 0 fully saturated rings. The molecule has 11 heteroatoms. The van der Waals surface area contributed by atoms with Crippen molar-refractivity contribution < 1.29 is 21.8 Å². The Kier molecular flexibility index (Phi) is 6.00. The quantitative estimate of drug-likeness (QED) is 0.424. The average molecular weight is 462 g/mol. The minimum absolute atomic E-state index is 0.00782. The second kappa shape index (κ2) is 8.36. The second-order valence-electron chi connectivity index (χ2n) is 6.65. The Morgan fingerprint density at radius 1 is 0.903 bits per heavy atom. The summed E-state index contributed by atoms with van der Waals surface area (Å²) in [5, 5.41) is 11.0. The summed E-state index contributed by atoms with van der Waals surface area (Å²) in [6, 6.07) is 17.3. The Balaban J connectivity index is 1.95. The number of anilines is 2. The smallest absolute Gasteiger partial charge is 0.270 e. The molecule has 0 aliphatic heterocycles. The lowest BCUT2D eigenvalue weighted by atomic mass is 10.2. The Labute approximate surface area is 180 Å². The molecule has 0 atom stereocenters. The molecule has 0 spiro atoms. The predicted octanol–water partition coefficient (Wildman–Crippen LogP) is 3.53. The van der Waals surface area contributed by atoms with E-state index in [1.165, 1.54) is 50.4 Å². The summed E-state index contributed by atoms with van der Waals surface area (Å²) >= 11 is 0. The first kappa shape index (κ1) is 22.2. The first-order valence-electron chi connectivity index (χ1n) is 8.94. The maximum absolute atomic E-state index is 13.0. The van der Waals surface area contributed by atoms with Gasteiger partial charge < -0.3 is 0 Å². The van der Waals surface area contributed by atoms with Crippen LogP contribution in [0.2, 0.25) is 0 Å². The Bertz CT molecular complexity index is 1340. The van der Waals surface area contributed by atoms with Crippen molar-refractivity contribution in [2.45, 2.75) is 16.7 Å². The maximum atomic E-state index is 13.0. The van der Waals surface area contributed by atoms with Crippen molar-refractivity contribution in [1.29, 1.82) is 0 Å². The van der Waals surface area contributed by atoms with Crippen molar-refractivity contribution in [3.8, 4) is 0 Å². The van der Waals surface area contributed by atoms with Crippen molar-refractivity contribution in [2.24, 2.45) is 0 Å². The molecule has 0 unspecified atom stereocenters. The second-order valence-corrected chi connectivity index (χ2v) is 10.3. The number of aryl methyl sites for hydroxylation is 1. The van der Waals surface area contributed by atoms with Gasteiger partial charge in [-0.2, -0.15) is 0 Å². The third-order valence-electron chi connectivity index (χ3n) is 4.54. The van der Waals surface area contributed by atoms with Crippen LogP contribution in [-0.4, -0.2) is 28.8 Å². The van der Waals surface area contributed by atoms with Crippen LogP contribution in [0.1, 0.15) is 5.56 Å². The lowest BCUT2D eigenvalue weighted by molar-refractivity contribution is -0.385. The van der Waals surface area contributed by atoms with E-state index in [9.17, 15) is 26.9 Å². The van der Waals surface area contributed by atoms with Crippen molar-refractivity contribution in [2.75, 3.05) is 16.1 Å². The summed E-state index contributed by atoms with van der Waals surface area (Å²) in [6.45, 7) is 1.51. The topological polar surface area (TPSA) is 127 Å². The number of sulfonamides is 2. The van der Waals surface area contributed by atoms with Gasteiger partial charge in [0.05, 0.1) is 26.1 Å². The van der Waals surface area contributed by atoms with Crippen LogP contribution in [0.4, 0.5) is 17.1 Å². The highest BCUT2D eigenvalue weighted by Crippen LogP contribution is 2.27. The molecule has 0 amide bonds. The number of nitrogens with one attached hydrogen (secondary N) is 1. The summed E-state index contributed by atoms with van der Waals surface area (Å²) < 4.78 is 55.0. The summed E-state index contributed by atoms with van der Waals surface area (Å²) in [7, 11) is -6.75. The number of para-hydroxylation sites is 1. The minimum atomic E-state index is -4.20. The van der Waals surface area contributed by atoms with E-state index in [2.05, 4.69) is 4.72 Å². The van der Waals surface area contributed by atoms with Gasteiger partial charge in [0.2, 0.25) is 0 Å². The van der Waals surface area contributed by atoms with Gasteiger partial charge in [0.15, 0.2) is 0 Å². The fourth-order valence-electron chi connectivity index (χ4n) is 2.86. The normalized spacial score (nSPS) is 11.7. The van der Waals surface area contributed by atoms with Crippen molar-refractivity contribution in [3.05, 3.63) is 88.5 Å². The molecule has 0 radical (unpaired) electrons. The van der Waals surface area contributed by atoms with E-state index in [1.807, 2.05) is 0 Å². The van der Waals surface area contributed by atoms with Gasteiger partial charge in [0.1, 0.15) is 0 Å². The molecule has 0 saturated heterocycles. The van der Waals surface area contributed by atoms with E-state index < -0.39 is 25.0 Å². The monoisotopic (exact) mass is 461 g/mol. The van der Waals surface area contributed by atoms with Crippen molar-refractivity contribution in [1.82, 2.24) is 0 Å². The zero-order valence-corrected chi connectivity index (χ0v) is 18.2. The van der Waals surface area contributed by atoms with E-state index in [1.54, 1.807) is 30.3 Å². The largest absolute Gasteiger partial charge is 0.280 e. The summed E-state index contributed by atoms with van der Waals surface area (Å²) in [6.07, 6.45) is 0. The number of nitro groups is 1. The van der Waals surface area contributed by atoms with Gasteiger partial charge >= 0.3 is 0 Å². The SMILES string of the molecule is Cc1ccc([N+](=O)[O-])cc1S(=O)(=O)Nc1cccc(S(=O)(=O)N(C)c2ccccc2)c1. The molecule has 3 aromatic rings. The number of non-ortho nitro benzene ring substituents is 1. The van der Waals surface area contributed by atoms with Gasteiger partial charge in [0.25, 0.3) is 25.7 Å².